The van der Waals surface area contributed by atoms with Crippen molar-refractivity contribution in [1.29, 1.82) is 0 Å². The second kappa shape index (κ2) is 10.8. The van der Waals surface area contributed by atoms with Crippen LogP contribution < -0.4 is 0 Å². The topological polar surface area (TPSA) is 20.3 Å². The Labute approximate surface area is 175 Å². The number of alkyl halides is 1. The van der Waals surface area contributed by atoms with Crippen molar-refractivity contribution in [2.24, 2.45) is 5.92 Å². The summed E-state index contributed by atoms with van der Waals surface area (Å²) >= 11 is 0. The lowest BCUT2D eigenvalue weighted by atomic mass is 9.83. The second-order valence-corrected chi connectivity index (χ2v) is 9.04. The van der Waals surface area contributed by atoms with E-state index in [-0.39, 0.29) is 11.8 Å². The fourth-order valence-corrected chi connectivity index (χ4v) is 4.67. The summed E-state index contributed by atoms with van der Waals surface area (Å²) in [7, 11) is 0. The molecule has 2 aliphatic rings. The molecule has 1 amide bonds. The van der Waals surface area contributed by atoms with Gasteiger partial charge in [0.05, 0.1) is 0 Å². The lowest BCUT2D eigenvalue weighted by Gasteiger charge is -2.36. The van der Waals surface area contributed by atoms with Crippen LogP contribution in [0.15, 0.2) is 54.6 Å². The van der Waals surface area contributed by atoms with E-state index in [1.807, 2.05) is 23.1 Å². The summed E-state index contributed by atoms with van der Waals surface area (Å²) < 4.78 is 14.2. The van der Waals surface area contributed by atoms with Crippen molar-refractivity contribution in [3.63, 3.8) is 0 Å². The summed E-state index contributed by atoms with van der Waals surface area (Å²) in [5.74, 6) is 0.720. The van der Waals surface area contributed by atoms with Gasteiger partial charge in [-0.1, -0.05) is 80.3 Å². The number of amides is 1. The second-order valence-electron chi connectivity index (χ2n) is 9.04. The largest absolute Gasteiger partial charge is 0.342 e. The van der Waals surface area contributed by atoms with Gasteiger partial charge in [-0.25, -0.2) is 4.39 Å². The Morgan fingerprint density at radius 3 is 2.07 bits per heavy atom. The highest BCUT2D eigenvalue weighted by atomic mass is 19.1. The molecule has 1 aromatic carbocycles. The molecule has 0 aromatic heterocycles. The van der Waals surface area contributed by atoms with Crippen molar-refractivity contribution in [1.82, 2.24) is 4.90 Å². The summed E-state index contributed by atoms with van der Waals surface area (Å²) in [5, 5.41) is 0. The Kier molecular flexibility index (Phi) is 8.09. The lowest BCUT2D eigenvalue weighted by Crippen LogP contribution is -2.45. The molecule has 1 heterocycles. The number of hydrogen-bond donors (Lipinski definition) is 0. The van der Waals surface area contributed by atoms with Gasteiger partial charge in [-0.2, -0.15) is 0 Å². The Bertz CT molecular complexity index is 680. The van der Waals surface area contributed by atoms with E-state index in [1.54, 1.807) is 6.92 Å². The number of halogens is 1. The number of nitrogens with zero attached hydrogens (tertiary/aromatic N) is 1. The summed E-state index contributed by atoms with van der Waals surface area (Å²) in [6, 6.07) is 18.8. The predicted molar refractivity (Wildman–Crippen MR) is 118 cm³/mol. The highest BCUT2D eigenvalue weighted by Crippen LogP contribution is 2.35. The SMILES string of the molecule is CC1(F)CCN(C(=O)C2CCCCCCC(c3ccccccccc3)C2)CC1. The quantitative estimate of drug-likeness (QED) is 0.550. The molecule has 158 valence electrons. The van der Waals surface area contributed by atoms with E-state index in [0.717, 1.165) is 25.7 Å². The van der Waals surface area contributed by atoms with E-state index >= 15 is 0 Å². The Morgan fingerprint density at radius 2 is 1.45 bits per heavy atom. The van der Waals surface area contributed by atoms with E-state index in [2.05, 4.69) is 36.4 Å². The molecule has 2 unspecified atom stereocenters. The summed E-state index contributed by atoms with van der Waals surface area (Å²) in [6.07, 6.45) is 8.75. The van der Waals surface area contributed by atoms with Crippen LogP contribution in [0.3, 0.4) is 0 Å². The number of carbonyl (C=O) groups excluding carboxylic acids is 1. The normalized spacial score (nSPS) is 25.1. The van der Waals surface area contributed by atoms with Crippen LogP contribution in [0.25, 0.3) is 0 Å². The zero-order valence-electron chi connectivity index (χ0n) is 17.9. The van der Waals surface area contributed by atoms with Crippen molar-refractivity contribution >= 4 is 5.91 Å². The molecule has 3 rings (SSSR count). The number of hydrogen-bond acceptors (Lipinski definition) is 1. The summed E-state index contributed by atoms with van der Waals surface area (Å²) in [5.41, 5.74) is 0.202. The zero-order valence-corrected chi connectivity index (χ0v) is 17.9. The average molecular weight is 398 g/mol. The molecule has 1 aromatic rings. The standard InChI is InChI=1S/C26H36FNO/c1-26(27)17-19-28(20-18-26)25(29)24-16-12-8-7-11-15-23(21-24)22-13-9-5-3-2-4-6-10-14-22/h2-6,9-10,13-14,23-24H,7-8,11-12,15-21H2,1H3. The van der Waals surface area contributed by atoms with Crippen LogP contribution >= 0.6 is 0 Å². The first-order valence-corrected chi connectivity index (χ1v) is 11.4. The van der Waals surface area contributed by atoms with E-state index < -0.39 is 5.67 Å². The molecule has 0 bridgehead atoms. The third-order valence-corrected chi connectivity index (χ3v) is 6.61. The van der Waals surface area contributed by atoms with Crippen LogP contribution in [0.5, 0.6) is 0 Å². The molecule has 0 N–H and O–H groups in total. The molecular formula is C26H36FNO. The zero-order chi connectivity index (χ0) is 20.5. The highest BCUT2D eigenvalue weighted by molar-refractivity contribution is 5.79. The molecule has 0 spiro atoms. The van der Waals surface area contributed by atoms with Gasteiger partial charge in [0, 0.05) is 19.0 Å². The first kappa shape index (κ1) is 21.8. The van der Waals surface area contributed by atoms with Crippen LogP contribution in [-0.4, -0.2) is 29.6 Å². The molecule has 1 saturated heterocycles. The van der Waals surface area contributed by atoms with E-state index in [9.17, 15) is 9.18 Å². The fourth-order valence-electron chi connectivity index (χ4n) is 4.67. The molecule has 2 nitrogen and oxygen atoms in total. The van der Waals surface area contributed by atoms with Crippen molar-refractivity contribution < 1.29 is 9.18 Å². The van der Waals surface area contributed by atoms with Crippen molar-refractivity contribution in [2.45, 2.75) is 76.3 Å². The maximum Gasteiger partial charge on any atom is 0.225 e. The molecular weight excluding hydrogens is 361 g/mol. The number of rotatable bonds is 2. The van der Waals surface area contributed by atoms with Gasteiger partial charge in [0.1, 0.15) is 5.67 Å². The Hall–Kier alpha value is -1.90. The average Bonchev–Trinajstić information content (AvgIpc) is 2.83. The number of carbonyl (C=O) groups is 1. The van der Waals surface area contributed by atoms with Crippen molar-refractivity contribution in [3.8, 4) is 0 Å². The third-order valence-electron chi connectivity index (χ3n) is 6.61. The lowest BCUT2D eigenvalue weighted by molar-refractivity contribution is -0.138. The van der Waals surface area contributed by atoms with Gasteiger partial charge in [0.25, 0.3) is 0 Å². The maximum atomic E-state index is 14.2. The summed E-state index contributed by atoms with van der Waals surface area (Å²) in [6.45, 7) is 2.80. The van der Waals surface area contributed by atoms with Gasteiger partial charge in [0.2, 0.25) is 5.91 Å². The number of piperidine rings is 1. The highest BCUT2D eigenvalue weighted by Gasteiger charge is 2.34. The van der Waals surface area contributed by atoms with Crippen molar-refractivity contribution in [3.05, 3.63) is 60.2 Å². The number of likely N-dealkylation sites (tertiary alicyclic amines) is 1. The van der Waals surface area contributed by atoms with Gasteiger partial charge in [-0.05, 0) is 50.5 Å². The minimum Gasteiger partial charge on any atom is -0.342 e. The first-order valence-electron chi connectivity index (χ1n) is 11.4. The van der Waals surface area contributed by atoms with Gasteiger partial charge >= 0.3 is 0 Å². The monoisotopic (exact) mass is 397 g/mol. The van der Waals surface area contributed by atoms with Gasteiger partial charge in [-0.3, -0.25) is 4.79 Å². The third kappa shape index (κ3) is 6.83. The van der Waals surface area contributed by atoms with E-state index in [1.165, 1.54) is 24.8 Å². The molecule has 1 saturated carbocycles. The van der Waals surface area contributed by atoms with E-state index in [0.29, 0.717) is 31.8 Å². The molecule has 2 fully saturated rings. The van der Waals surface area contributed by atoms with Crippen LogP contribution in [0.2, 0.25) is 0 Å². The maximum absolute atomic E-state index is 14.2. The van der Waals surface area contributed by atoms with Gasteiger partial charge in [-0.15, -0.1) is 0 Å². The minimum absolute atomic E-state index is 0.0613. The smallest absolute Gasteiger partial charge is 0.225 e. The van der Waals surface area contributed by atoms with E-state index in [4.69, 9.17) is 0 Å². The minimum atomic E-state index is -1.11. The molecule has 29 heavy (non-hydrogen) atoms. The van der Waals surface area contributed by atoms with Gasteiger partial charge < -0.3 is 4.90 Å². The van der Waals surface area contributed by atoms with Crippen molar-refractivity contribution in [2.75, 3.05) is 13.1 Å². The Balaban J connectivity index is 1.78. The molecule has 0 radical (unpaired) electrons. The summed E-state index contributed by atoms with van der Waals surface area (Å²) in [4.78, 5) is 15.3. The van der Waals surface area contributed by atoms with Gasteiger partial charge in [0.15, 0.2) is 0 Å². The van der Waals surface area contributed by atoms with Crippen LogP contribution in [0, 0.1) is 5.92 Å². The molecule has 1 aliphatic carbocycles. The fraction of sp³-hybridized carbons (Fsp3) is 0.577. The van der Waals surface area contributed by atoms with Crippen LogP contribution in [0.4, 0.5) is 4.39 Å². The molecule has 2 atom stereocenters. The van der Waals surface area contributed by atoms with Crippen LogP contribution in [-0.2, 0) is 4.79 Å². The van der Waals surface area contributed by atoms with Crippen LogP contribution in [0.1, 0.15) is 76.2 Å². The molecule has 3 heteroatoms. The Morgan fingerprint density at radius 1 is 0.897 bits per heavy atom. The predicted octanol–water partition coefficient (Wildman–Crippen LogP) is 6.61. The first-order chi connectivity index (χ1) is 14.1. The molecule has 1 aliphatic heterocycles.